The van der Waals surface area contributed by atoms with Gasteiger partial charge in [-0.3, -0.25) is 0 Å². The molecule has 28 heavy (non-hydrogen) atoms. The highest BCUT2D eigenvalue weighted by atomic mass is 35.5. The Morgan fingerprint density at radius 2 is 1.64 bits per heavy atom. The van der Waals surface area contributed by atoms with Crippen molar-refractivity contribution in [2.45, 2.75) is 31.3 Å². The lowest BCUT2D eigenvalue weighted by Gasteiger charge is -2.33. The number of hydrogen-bond acceptors (Lipinski definition) is 2. The summed E-state index contributed by atoms with van der Waals surface area (Å²) in [5, 5.41) is 4.96. The lowest BCUT2D eigenvalue weighted by atomic mass is 9.76. The van der Waals surface area contributed by atoms with Gasteiger partial charge < -0.3 is 10.1 Å². The third-order valence-corrected chi connectivity index (χ3v) is 6.29. The zero-order valence-electron chi connectivity index (χ0n) is 15.8. The van der Waals surface area contributed by atoms with E-state index in [0.29, 0.717) is 22.0 Å². The fourth-order valence-electron chi connectivity index (χ4n) is 4.06. The van der Waals surface area contributed by atoms with Crippen molar-refractivity contribution in [2.24, 2.45) is 0 Å². The average molecular weight is 412 g/mol. The molecule has 0 aliphatic heterocycles. The smallest absolute Gasteiger partial charge is 0.118 e. The Morgan fingerprint density at radius 3 is 2.36 bits per heavy atom. The molecule has 0 amide bonds. The van der Waals surface area contributed by atoms with Crippen molar-refractivity contribution >= 4 is 23.2 Å². The molecule has 0 spiro atoms. The van der Waals surface area contributed by atoms with Gasteiger partial charge in [0.25, 0.3) is 0 Å². The van der Waals surface area contributed by atoms with E-state index in [4.69, 9.17) is 27.9 Å². The van der Waals surface area contributed by atoms with Crippen molar-refractivity contribution in [2.75, 3.05) is 7.11 Å². The van der Waals surface area contributed by atoms with Crippen LogP contribution in [-0.2, 0) is 6.54 Å². The Hall–Kier alpha value is -2.00. The van der Waals surface area contributed by atoms with Crippen LogP contribution in [0.2, 0.25) is 10.0 Å². The minimum Gasteiger partial charge on any atom is -0.497 e. The van der Waals surface area contributed by atoms with Gasteiger partial charge in [0, 0.05) is 18.5 Å². The molecule has 144 valence electrons. The largest absolute Gasteiger partial charge is 0.497 e. The van der Waals surface area contributed by atoms with Gasteiger partial charge >= 0.3 is 0 Å². The molecule has 0 heterocycles. The number of ether oxygens (including phenoxy) is 1. The van der Waals surface area contributed by atoms with Crippen molar-refractivity contribution in [1.82, 2.24) is 5.32 Å². The summed E-state index contributed by atoms with van der Waals surface area (Å²) in [6.45, 7) is 0.834. The zero-order chi connectivity index (χ0) is 19.5. The fraction of sp³-hybridized carbons (Fsp3) is 0.250. The molecule has 3 aromatic carbocycles. The van der Waals surface area contributed by atoms with E-state index in [2.05, 4.69) is 47.8 Å². The Balaban J connectivity index is 1.54. The van der Waals surface area contributed by atoms with Crippen molar-refractivity contribution < 1.29 is 4.74 Å². The van der Waals surface area contributed by atoms with Crippen molar-refractivity contribution in [3.63, 3.8) is 0 Å². The summed E-state index contributed by atoms with van der Waals surface area (Å²) in [7, 11) is 1.69. The van der Waals surface area contributed by atoms with Crippen LogP contribution in [0, 0.1) is 0 Å². The van der Waals surface area contributed by atoms with Gasteiger partial charge in [0.05, 0.1) is 17.2 Å². The number of fused-ring (bicyclic) bond motifs is 1. The van der Waals surface area contributed by atoms with E-state index in [1.165, 1.54) is 22.3 Å². The quantitative estimate of drug-likeness (QED) is 0.500. The van der Waals surface area contributed by atoms with Crippen LogP contribution in [0.15, 0.2) is 66.7 Å². The van der Waals surface area contributed by atoms with E-state index in [9.17, 15) is 0 Å². The molecule has 3 aromatic rings. The molecule has 1 aliphatic rings. The van der Waals surface area contributed by atoms with Crippen molar-refractivity contribution in [3.05, 3.63) is 99.0 Å². The molecule has 0 unspecified atom stereocenters. The molecule has 0 radical (unpaired) electrons. The van der Waals surface area contributed by atoms with Crippen LogP contribution in [0.5, 0.6) is 5.75 Å². The van der Waals surface area contributed by atoms with Gasteiger partial charge in [-0.2, -0.15) is 0 Å². The number of methoxy groups -OCH3 is 1. The summed E-state index contributed by atoms with van der Waals surface area (Å²) < 4.78 is 5.24. The maximum atomic E-state index is 6.27. The average Bonchev–Trinajstić information content (AvgIpc) is 2.74. The molecule has 4 rings (SSSR count). The summed E-state index contributed by atoms with van der Waals surface area (Å²) in [6.07, 6.45) is 2.16. The lowest BCUT2D eigenvalue weighted by molar-refractivity contribution is 0.414. The molecule has 1 aliphatic carbocycles. The van der Waals surface area contributed by atoms with E-state index in [0.717, 1.165) is 25.1 Å². The Labute approximate surface area is 176 Å². The SMILES string of the molecule is COc1ccc(CN[C@@H]2CC[C@@H](c3ccc(Cl)c(Cl)c3)c3ccccc32)cc1. The third kappa shape index (κ3) is 4.05. The van der Waals surface area contributed by atoms with Gasteiger partial charge in [-0.1, -0.05) is 65.7 Å². The number of halogens is 2. The molecule has 1 N–H and O–H groups in total. The van der Waals surface area contributed by atoms with Gasteiger partial charge in [0.15, 0.2) is 0 Å². The molecular formula is C24H23Cl2NO. The molecule has 2 nitrogen and oxygen atoms in total. The molecule has 0 bridgehead atoms. The molecule has 4 heteroatoms. The predicted molar refractivity (Wildman–Crippen MR) is 117 cm³/mol. The number of hydrogen-bond donors (Lipinski definition) is 1. The van der Waals surface area contributed by atoms with Crippen LogP contribution in [0.3, 0.4) is 0 Å². The van der Waals surface area contributed by atoms with Crippen LogP contribution >= 0.6 is 23.2 Å². The van der Waals surface area contributed by atoms with E-state index in [1.807, 2.05) is 24.3 Å². The summed E-state index contributed by atoms with van der Waals surface area (Å²) in [4.78, 5) is 0. The first-order chi connectivity index (χ1) is 13.7. The van der Waals surface area contributed by atoms with Gasteiger partial charge in [-0.15, -0.1) is 0 Å². The van der Waals surface area contributed by atoms with Crippen LogP contribution in [0.1, 0.15) is 47.1 Å². The van der Waals surface area contributed by atoms with Crippen LogP contribution in [0.4, 0.5) is 0 Å². The lowest BCUT2D eigenvalue weighted by Crippen LogP contribution is -2.26. The molecule has 0 aromatic heterocycles. The molecule has 0 fully saturated rings. The minimum atomic E-state index is 0.345. The van der Waals surface area contributed by atoms with E-state index in [1.54, 1.807) is 7.11 Å². The highest BCUT2D eigenvalue weighted by molar-refractivity contribution is 6.42. The Morgan fingerprint density at radius 1 is 0.893 bits per heavy atom. The summed E-state index contributed by atoms with van der Waals surface area (Å²) in [5.41, 5.74) is 5.23. The normalized spacial score (nSPS) is 18.5. The fourth-order valence-corrected chi connectivity index (χ4v) is 4.37. The maximum Gasteiger partial charge on any atom is 0.118 e. The third-order valence-electron chi connectivity index (χ3n) is 5.55. The van der Waals surface area contributed by atoms with E-state index in [-0.39, 0.29) is 0 Å². The molecule has 0 saturated carbocycles. The molecular weight excluding hydrogens is 389 g/mol. The highest BCUT2D eigenvalue weighted by Gasteiger charge is 2.28. The standard InChI is InChI=1S/C24H23Cl2NO/c1-28-18-9-6-16(7-10-18)15-27-24-13-11-19(20-4-2-3-5-21(20)24)17-8-12-22(25)23(26)14-17/h2-10,12,14,19,24,27H,11,13,15H2,1H3/t19-,24+/m0/s1. The monoisotopic (exact) mass is 411 g/mol. The molecule has 0 saturated heterocycles. The summed E-state index contributed by atoms with van der Waals surface area (Å²) in [5.74, 6) is 1.24. The Bertz CT molecular complexity index is 955. The summed E-state index contributed by atoms with van der Waals surface area (Å²) in [6, 6.07) is 23.3. The van der Waals surface area contributed by atoms with Gasteiger partial charge in [0.2, 0.25) is 0 Å². The van der Waals surface area contributed by atoms with E-state index < -0.39 is 0 Å². The zero-order valence-corrected chi connectivity index (χ0v) is 17.3. The first kappa shape index (κ1) is 19.3. The van der Waals surface area contributed by atoms with Crippen LogP contribution < -0.4 is 10.1 Å². The van der Waals surface area contributed by atoms with E-state index >= 15 is 0 Å². The first-order valence-electron chi connectivity index (χ1n) is 9.56. The summed E-state index contributed by atoms with van der Waals surface area (Å²) >= 11 is 12.4. The maximum absolute atomic E-state index is 6.27. The topological polar surface area (TPSA) is 21.3 Å². The van der Waals surface area contributed by atoms with Gasteiger partial charge in [-0.05, 0) is 59.4 Å². The second kappa shape index (κ2) is 8.57. The second-order valence-electron chi connectivity index (χ2n) is 7.21. The first-order valence-corrected chi connectivity index (χ1v) is 10.3. The number of rotatable bonds is 5. The van der Waals surface area contributed by atoms with Crippen LogP contribution in [-0.4, -0.2) is 7.11 Å². The number of benzene rings is 3. The predicted octanol–water partition coefficient (Wildman–Crippen LogP) is 6.76. The highest BCUT2D eigenvalue weighted by Crippen LogP contribution is 2.42. The number of nitrogens with one attached hydrogen (secondary N) is 1. The Kier molecular flexibility index (Phi) is 5.91. The molecule has 2 atom stereocenters. The van der Waals surface area contributed by atoms with Gasteiger partial charge in [-0.25, -0.2) is 0 Å². The second-order valence-corrected chi connectivity index (χ2v) is 8.03. The van der Waals surface area contributed by atoms with Crippen molar-refractivity contribution in [3.8, 4) is 5.75 Å². The van der Waals surface area contributed by atoms with Gasteiger partial charge in [0.1, 0.15) is 5.75 Å². The van der Waals surface area contributed by atoms with Crippen molar-refractivity contribution in [1.29, 1.82) is 0 Å². The minimum absolute atomic E-state index is 0.345. The van der Waals surface area contributed by atoms with Crippen LogP contribution in [0.25, 0.3) is 0 Å².